The zero-order valence-corrected chi connectivity index (χ0v) is 15.0. The molecule has 0 aliphatic carbocycles. The minimum atomic E-state index is -3.83. The molecule has 1 atom stereocenters. The second kappa shape index (κ2) is 7.92. The Kier molecular flexibility index (Phi) is 7.19. The highest BCUT2D eigenvalue weighted by Gasteiger charge is 2.35. The monoisotopic (exact) mass is 401 g/mol. The summed E-state index contributed by atoms with van der Waals surface area (Å²) in [4.78, 5) is 17.1. The van der Waals surface area contributed by atoms with Crippen LogP contribution in [0.2, 0.25) is 0 Å². The van der Waals surface area contributed by atoms with E-state index in [0.717, 1.165) is 10.0 Å². The first kappa shape index (κ1) is 18.1. The molecule has 0 aliphatic heterocycles. The maximum absolute atomic E-state index is 11.8. The van der Waals surface area contributed by atoms with Crippen molar-refractivity contribution in [3.05, 3.63) is 34.3 Å². The summed E-state index contributed by atoms with van der Waals surface area (Å²) in [5.74, 6) is -3.98. The highest BCUT2D eigenvalue weighted by molar-refractivity contribution is 9.10. The lowest BCUT2D eigenvalue weighted by molar-refractivity contribution is -0.119. The number of carbonyl (C=O) groups excluding carboxylic acids is 1. The van der Waals surface area contributed by atoms with Crippen molar-refractivity contribution in [3.63, 3.8) is 0 Å². The van der Waals surface area contributed by atoms with Gasteiger partial charge in [0.2, 0.25) is 5.52 Å². The molecule has 20 heavy (non-hydrogen) atoms. The van der Waals surface area contributed by atoms with Crippen LogP contribution in [0.4, 0.5) is 0 Å². The molecule has 8 heteroatoms. The smallest absolute Gasteiger partial charge is 0.296 e. The van der Waals surface area contributed by atoms with Gasteiger partial charge in [0.05, 0.1) is 6.61 Å². The summed E-state index contributed by atoms with van der Waals surface area (Å²) in [6.07, 6.45) is 0. The summed E-state index contributed by atoms with van der Waals surface area (Å²) in [5.41, 5.74) is 2.77. The van der Waals surface area contributed by atoms with Crippen LogP contribution in [0.3, 0.4) is 0 Å². The third kappa shape index (κ3) is 5.84. The van der Waals surface area contributed by atoms with Crippen LogP contribution in [-0.4, -0.2) is 11.6 Å². The topological polar surface area (TPSA) is 55.4 Å². The van der Waals surface area contributed by atoms with Crippen molar-refractivity contribution in [3.8, 4) is 0 Å². The number of benzene rings is 1. The van der Waals surface area contributed by atoms with Crippen molar-refractivity contribution in [2.45, 2.75) is 26.5 Å². The molecule has 1 rings (SSSR count). The number of rotatable bonds is 7. The first-order valence-electron chi connectivity index (χ1n) is 5.87. The first-order valence-corrected chi connectivity index (χ1v) is 10.2. The SMILES string of the molecule is CC(C)[C@H](NOCc1ccc(Br)cc1)C(=O)P(=O)(Cl)Cl. The van der Waals surface area contributed by atoms with E-state index in [1.807, 2.05) is 24.3 Å². The number of halogens is 3. The highest BCUT2D eigenvalue weighted by Crippen LogP contribution is 2.58. The van der Waals surface area contributed by atoms with E-state index >= 15 is 0 Å². The third-order valence-corrected chi connectivity index (χ3v) is 4.87. The van der Waals surface area contributed by atoms with Crippen molar-refractivity contribution in [2.75, 3.05) is 0 Å². The van der Waals surface area contributed by atoms with E-state index < -0.39 is 17.4 Å². The summed E-state index contributed by atoms with van der Waals surface area (Å²) >= 11 is 14.1. The maximum atomic E-state index is 11.8. The van der Waals surface area contributed by atoms with E-state index in [1.54, 1.807) is 13.8 Å². The van der Waals surface area contributed by atoms with E-state index in [1.165, 1.54) is 0 Å². The molecule has 0 fully saturated rings. The Hall–Kier alpha value is 0.1000. The van der Waals surface area contributed by atoms with Gasteiger partial charge in [-0.15, -0.1) is 0 Å². The Bertz CT molecular complexity index is 504. The second-order valence-corrected chi connectivity index (χ2v) is 10.2. The number of hydrogen-bond donors (Lipinski definition) is 1. The Balaban J connectivity index is 2.58. The van der Waals surface area contributed by atoms with Gasteiger partial charge < -0.3 is 0 Å². The van der Waals surface area contributed by atoms with Crippen LogP contribution < -0.4 is 5.48 Å². The van der Waals surface area contributed by atoms with Crippen molar-refractivity contribution < 1.29 is 14.2 Å². The largest absolute Gasteiger partial charge is 0.318 e. The minimum Gasteiger partial charge on any atom is -0.296 e. The number of nitrogens with one attached hydrogen (secondary N) is 1. The second-order valence-electron chi connectivity index (χ2n) is 4.56. The average Bonchev–Trinajstić information content (AvgIpc) is 2.34. The summed E-state index contributed by atoms with van der Waals surface area (Å²) in [7, 11) is 0. The molecule has 0 amide bonds. The van der Waals surface area contributed by atoms with E-state index in [9.17, 15) is 9.36 Å². The van der Waals surface area contributed by atoms with Gasteiger partial charge in [0.15, 0.2) is 0 Å². The number of hydroxylamine groups is 1. The minimum absolute atomic E-state index is 0.154. The molecular formula is C12H15BrCl2NO3P. The number of carbonyl (C=O) groups is 1. The molecule has 0 aromatic heterocycles. The molecule has 1 aromatic rings. The fraction of sp³-hybridized carbons (Fsp3) is 0.417. The van der Waals surface area contributed by atoms with Crippen molar-refractivity contribution in [1.29, 1.82) is 0 Å². The molecule has 0 saturated carbocycles. The predicted octanol–water partition coefficient (Wildman–Crippen LogP) is 4.69. The van der Waals surface area contributed by atoms with E-state index in [-0.39, 0.29) is 12.5 Å². The molecule has 4 nitrogen and oxygen atoms in total. The van der Waals surface area contributed by atoms with Crippen molar-refractivity contribution in [2.24, 2.45) is 5.92 Å². The zero-order valence-electron chi connectivity index (χ0n) is 11.0. The molecule has 0 heterocycles. The molecule has 0 aliphatic rings. The van der Waals surface area contributed by atoms with Gasteiger partial charge in [0, 0.05) is 4.47 Å². The molecule has 0 saturated heterocycles. The van der Waals surface area contributed by atoms with Crippen LogP contribution in [0.15, 0.2) is 28.7 Å². The van der Waals surface area contributed by atoms with Gasteiger partial charge in [-0.25, -0.2) is 0 Å². The van der Waals surface area contributed by atoms with Crippen LogP contribution in [0.1, 0.15) is 19.4 Å². The van der Waals surface area contributed by atoms with E-state index in [4.69, 9.17) is 27.3 Å². The van der Waals surface area contributed by atoms with Crippen molar-refractivity contribution >= 4 is 49.8 Å². The van der Waals surface area contributed by atoms with Gasteiger partial charge in [0.25, 0.3) is 0 Å². The molecular weight excluding hydrogens is 388 g/mol. The predicted molar refractivity (Wildman–Crippen MR) is 85.0 cm³/mol. The lowest BCUT2D eigenvalue weighted by Gasteiger charge is -2.20. The molecule has 1 N–H and O–H groups in total. The molecule has 0 spiro atoms. The van der Waals surface area contributed by atoms with Gasteiger partial charge >= 0.3 is 5.85 Å². The zero-order chi connectivity index (χ0) is 15.3. The highest BCUT2D eigenvalue weighted by atomic mass is 79.9. The van der Waals surface area contributed by atoms with Gasteiger partial charge in [-0.1, -0.05) is 41.9 Å². The first-order chi connectivity index (χ1) is 9.21. The lowest BCUT2D eigenvalue weighted by atomic mass is 10.1. The van der Waals surface area contributed by atoms with Crippen LogP contribution >= 0.6 is 44.3 Å². The average molecular weight is 403 g/mol. The van der Waals surface area contributed by atoms with Gasteiger partial charge in [-0.05, 0) is 46.1 Å². The van der Waals surface area contributed by atoms with E-state index in [2.05, 4.69) is 21.4 Å². The Morgan fingerprint density at radius 2 is 1.90 bits per heavy atom. The molecule has 1 aromatic carbocycles. The van der Waals surface area contributed by atoms with Gasteiger partial charge in [-0.2, -0.15) is 5.48 Å². The fourth-order valence-corrected chi connectivity index (χ4v) is 3.00. The summed E-state index contributed by atoms with van der Waals surface area (Å²) < 4.78 is 12.4. The van der Waals surface area contributed by atoms with Crippen LogP contribution in [0.5, 0.6) is 0 Å². The Morgan fingerprint density at radius 3 is 2.35 bits per heavy atom. The van der Waals surface area contributed by atoms with Crippen LogP contribution in [0.25, 0.3) is 0 Å². The van der Waals surface area contributed by atoms with Gasteiger partial charge in [0.1, 0.15) is 6.04 Å². The molecule has 0 bridgehead atoms. The van der Waals surface area contributed by atoms with Gasteiger partial charge in [-0.3, -0.25) is 14.2 Å². The van der Waals surface area contributed by atoms with Crippen molar-refractivity contribution in [1.82, 2.24) is 5.48 Å². The number of hydrogen-bond acceptors (Lipinski definition) is 4. The normalized spacial score (nSPS) is 13.5. The third-order valence-electron chi connectivity index (χ3n) is 2.55. The standard InChI is InChI=1S/C12H15BrCl2NO3P/c1-8(2)11(12(17)20(14,15)18)16-19-7-9-3-5-10(13)6-4-9/h3-6,8,11,16H,7H2,1-2H3/t11-/m0/s1. The van der Waals surface area contributed by atoms with Crippen LogP contribution in [-0.2, 0) is 20.8 Å². The summed E-state index contributed by atoms with van der Waals surface area (Å²) in [6.45, 7) is 3.82. The molecule has 0 radical (unpaired) electrons. The Labute approximate surface area is 136 Å². The molecule has 112 valence electrons. The lowest BCUT2D eigenvalue weighted by Crippen LogP contribution is -2.39. The molecule has 0 unspecified atom stereocenters. The quantitative estimate of drug-likeness (QED) is 0.530. The fourth-order valence-electron chi connectivity index (χ4n) is 1.43. The van der Waals surface area contributed by atoms with E-state index in [0.29, 0.717) is 0 Å². The maximum Gasteiger partial charge on any atom is 0.318 e. The Morgan fingerprint density at radius 1 is 1.35 bits per heavy atom. The summed E-state index contributed by atoms with van der Waals surface area (Å²) in [6, 6.07) is 6.72. The van der Waals surface area contributed by atoms with Crippen LogP contribution in [0, 0.1) is 5.92 Å². The summed E-state index contributed by atoms with van der Waals surface area (Å²) in [5, 5.41) is 0.